The number of carbonyl (C=O) groups is 5. The number of nitrogens with zero attached hydrogens (tertiary/aromatic N) is 1. The molecule has 2 heterocycles. The number of sulfone groups is 1. The monoisotopic (exact) mass is 720 g/mol. The highest BCUT2D eigenvalue weighted by atomic mass is 32.2. The lowest BCUT2D eigenvalue weighted by Crippen LogP contribution is -2.29. The van der Waals surface area contributed by atoms with Gasteiger partial charge in [-0.15, -0.1) is 0 Å². The summed E-state index contributed by atoms with van der Waals surface area (Å²) in [7, 11) is -3.85. The van der Waals surface area contributed by atoms with E-state index in [0.717, 1.165) is 4.90 Å². The maximum Gasteiger partial charge on any atom is 0.266 e. The third kappa shape index (κ3) is 6.02. The Labute approximate surface area is 301 Å². The number of ketones is 1. The lowest BCUT2D eigenvalue weighted by atomic mass is 9.96. The first-order valence-electron chi connectivity index (χ1n) is 16.1. The van der Waals surface area contributed by atoms with Crippen LogP contribution >= 0.6 is 0 Å². The molecular weight excluding hydrogens is 697 g/mol. The van der Waals surface area contributed by atoms with Crippen molar-refractivity contribution >= 4 is 44.9 Å². The summed E-state index contributed by atoms with van der Waals surface area (Å²) in [5, 5.41) is 2.18. The normalized spacial score (nSPS) is 13.4. The minimum atomic E-state index is -3.85. The van der Waals surface area contributed by atoms with Gasteiger partial charge in [0.2, 0.25) is 9.84 Å². The molecule has 0 fully saturated rings. The Bertz CT molecular complexity index is 2640. The molecule has 0 spiro atoms. The van der Waals surface area contributed by atoms with E-state index in [0.29, 0.717) is 17.2 Å². The average Bonchev–Trinajstić information content (AvgIpc) is 3.60. The van der Waals surface area contributed by atoms with Crippen molar-refractivity contribution in [1.29, 1.82) is 0 Å². The Morgan fingerprint density at radius 2 is 1.00 bits per heavy atom. The highest BCUT2D eigenvalue weighted by Crippen LogP contribution is 2.34. The van der Waals surface area contributed by atoms with Crippen molar-refractivity contribution in [2.24, 2.45) is 0 Å². The predicted molar refractivity (Wildman–Crippen MR) is 191 cm³/mol. The number of fused-ring (bicyclic) bond motifs is 2. The zero-order valence-electron chi connectivity index (χ0n) is 27.3. The van der Waals surface area contributed by atoms with Crippen molar-refractivity contribution < 1.29 is 41.9 Å². The molecule has 0 saturated heterocycles. The van der Waals surface area contributed by atoms with Gasteiger partial charge in [0.15, 0.2) is 5.78 Å². The van der Waals surface area contributed by atoms with Crippen molar-refractivity contribution in [3.8, 4) is 23.0 Å². The Balaban J connectivity index is 0.967. The molecule has 0 aliphatic carbocycles. The van der Waals surface area contributed by atoms with Crippen LogP contribution in [0.1, 0.15) is 57.4 Å². The molecule has 6 aromatic carbocycles. The summed E-state index contributed by atoms with van der Waals surface area (Å²) < 4.78 is 38.4. The van der Waals surface area contributed by atoms with Crippen LogP contribution in [0.2, 0.25) is 0 Å². The van der Waals surface area contributed by atoms with E-state index in [1.807, 2.05) is 18.2 Å². The number of amides is 4. The van der Waals surface area contributed by atoms with Crippen LogP contribution in [0.4, 0.5) is 5.69 Å². The number of hydrogen-bond acceptors (Lipinski definition) is 9. The van der Waals surface area contributed by atoms with Crippen molar-refractivity contribution in [3.05, 3.63) is 173 Å². The highest BCUT2D eigenvalue weighted by molar-refractivity contribution is 7.91. The van der Waals surface area contributed by atoms with Crippen LogP contribution in [0.5, 0.6) is 23.0 Å². The number of carbonyl (C=O) groups excluding carboxylic acids is 5. The summed E-state index contributed by atoms with van der Waals surface area (Å²) in [5.74, 6) is -1.18. The molecule has 0 unspecified atom stereocenters. The van der Waals surface area contributed by atoms with Crippen LogP contribution in [0.3, 0.4) is 0 Å². The van der Waals surface area contributed by atoms with Crippen LogP contribution in [-0.2, 0) is 9.84 Å². The Morgan fingerprint density at radius 3 is 1.64 bits per heavy atom. The van der Waals surface area contributed by atoms with Gasteiger partial charge in [-0.1, -0.05) is 36.4 Å². The second-order valence-electron chi connectivity index (χ2n) is 12.0. The number of ether oxygens (including phenoxy) is 2. The molecule has 6 aromatic rings. The van der Waals surface area contributed by atoms with E-state index < -0.39 is 39.2 Å². The Hall–Kier alpha value is -7.18. The quantitative estimate of drug-likeness (QED) is 0.123. The van der Waals surface area contributed by atoms with E-state index >= 15 is 0 Å². The molecule has 1 N–H and O–H groups in total. The number of hydrogen-bond donors (Lipinski definition) is 1. The third-order valence-electron chi connectivity index (χ3n) is 8.71. The largest absolute Gasteiger partial charge is 0.457 e. The van der Waals surface area contributed by atoms with Crippen LogP contribution in [0.15, 0.2) is 149 Å². The van der Waals surface area contributed by atoms with E-state index in [-0.39, 0.29) is 54.6 Å². The number of nitrogens with one attached hydrogen (secondary N) is 1. The molecule has 0 radical (unpaired) electrons. The molecule has 4 amide bonds. The molecule has 2 aliphatic heterocycles. The van der Waals surface area contributed by atoms with Crippen molar-refractivity contribution in [1.82, 2.24) is 5.32 Å². The second kappa shape index (κ2) is 12.9. The number of benzene rings is 6. The zero-order chi connectivity index (χ0) is 36.9. The first-order valence-corrected chi connectivity index (χ1v) is 17.6. The van der Waals surface area contributed by atoms with Gasteiger partial charge >= 0.3 is 0 Å². The minimum Gasteiger partial charge on any atom is -0.457 e. The van der Waals surface area contributed by atoms with Crippen molar-refractivity contribution in [2.45, 2.75) is 9.79 Å². The molecule has 258 valence electrons. The minimum absolute atomic E-state index is 0.0245. The van der Waals surface area contributed by atoms with E-state index in [4.69, 9.17) is 9.47 Å². The molecule has 2 aliphatic rings. The molecule has 0 saturated carbocycles. The maximum absolute atomic E-state index is 13.6. The summed E-state index contributed by atoms with van der Waals surface area (Å²) >= 11 is 0. The molecule has 0 aromatic heterocycles. The number of rotatable bonds is 9. The lowest BCUT2D eigenvalue weighted by molar-refractivity contribution is 0.0874. The van der Waals surface area contributed by atoms with Gasteiger partial charge in [0.25, 0.3) is 23.6 Å². The summed E-state index contributed by atoms with van der Waals surface area (Å²) in [5.41, 5.74) is 0.854. The maximum atomic E-state index is 13.6. The van der Waals surface area contributed by atoms with Crippen molar-refractivity contribution in [2.75, 3.05) is 4.90 Å². The summed E-state index contributed by atoms with van der Waals surface area (Å²) in [6.45, 7) is 0. The van der Waals surface area contributed by atoms with Crippen LogP contribution in [0.25, 0.3) is 0 Å². The fourth-order valence-electron chi connectivity index (χ4n) is 6.05. The number of anilines is 1. The standard InChI is InChI=1S/C41H24N2O9S/c44-37(24-9-19-33-35(21-24)39(46)42-38(33)45)25-10-20-34-36(22-25)41(48)43(40(34)47)26-5-4-8-30(23-26)52-29-13-17-32(18-14-29)53(49,50)31-15-11-28(12-16-31)51-27-6-2-1-3-7-27/h1-23H,(H,42,45,46). The molecule has 0 bridgehead atoms. The van der Waals surface area contributed by atoms with Crippen molar-refractivity contribution in [3.63, 3.8) is 0 Å². The van der Waals surface area contributed by atoms with Gasteiger partial charge in [-0.2, -0.15) is 0 Å². The Kier molecular flexibility index (Phi) is 8.00. The fourth-order valence-corrected chi connectivity index (χ4v) is 7.31. The molecular formula is C41H24N2O9S. The van der Waals surface area contributed by atoms with E-state index in [1.54, 1.807) is 42.5 Å². The fraction of sp³-hybridized carbons (Fsp3) is 0. The predicted octanol–water partition coefficient (Wildman–Crippen LogP) is 7.02. The van der Waals surface area contributed by atoms with Gasteiger partial charge in [-0.3, -0.25) is 29.3 Å². The first-order chi connectivity index (χ1) is 25.6. The van der Waals surface area contributed by atoms with Gasteiger partial charge in [-0.05, 0) is 97.1 Å². The highest BCUT2D eigenvalue weighted by Gasteiger charge is 2.37. The summed E-state index contributed by atoms with van der Waals surface area (Å²) in [6, 6.07) is 35.6. The molecule has 8 rings (SSSR count). The van der Waals surface area contributed by atoms with Crippen LogP contribution < -0.4 is 19.7 Å². The Morgan fingerprint density at radius 1 is 0.491 bits per heavy atom. The smallest absolute Gasteiger partial charge is 0.266 e. The average molecular weight is 721 g/mol. The molecule has 12 heteroatoms. The van der Waals surface area contributed by atoms with Crippen LogP contribution in [0, 0.1) is 0 Å². The zero-order valence-corrected chi connectivity index (χ0v) is 28.1. The summed E-state index contributed by atoms with van der Waals surface area (Å²) in [4.78, 5) is 65.4. The van der Waals surface area contributed by atoms with Gasteiger partial charge < -0.3 is 9.47 Å². The molecule has 53 heavy (non-hydrogen) atoms. The molecule has 0 atom stereocenters. The topological polar surface area (TPSA) is 153 Å². The third-order valence-corrected chi connectivity index (χ3v) is 10.5. The van der Waals surface area contributed by atoms with Gasteiger partial charge in [0, 0.05) is 17.2 Å². The van der Waals surface area contributed by atoms with Crippen LogP contribution in [-0.4, -0.2) is 37.8 Å². The first kappa shape index (κ1) is 33.0. The number of imide groups is 2. The lowest BCUT2D eigenvalue weighted by Gasteiger charge is -2.15. The number of para-hydroxylation sites is 1. The van der Waals surface area contributed by atoms with Gasteiger partial charge in [-0.25, -0.2) is 13.3 Å². The summed E-state index contributed by atoms with van der Waals surface area (Å²) in [6.07, 6.45) is 0. The van der Waals surface area contributed by atoms with Gasteiger partial charge in [0.05, 0.1) is 37.7 Å². The van der Waals surface area contributed by atoms with Gasteiger partial charge in [0.1, 0.15) is 23.0 Å². The van der Waals surface area contributed by atoms with E-state index in [2.05, 4.69) is 5.32 Å². The molecule has 11 nitrogen and oxygen atoms in total. The van der Waals surface area contributed by atoms with E-state index in [9.17, 15) is 32.4 Å². The van der Waals surface area contributed by atoms with E-state index in [1.165, 1.54) is 78.9 Å². The second-order valence-corrected chi connectivity index (χ2v) is 14.0. The SMILES string of the molecule is O=C(c1ccc2c(c1)C(=O)NC2=O)c1ccc2c(c1)C(=O)N(c1cccc(Oc3ccc(S(=O)(=O)c4ccc(Oc5ccccc5)cc4)cc3)c1)C2=O.